The van der Waals surface area contributed by atoms with Crippen LogP contribution in [0.3, 0.4) is 0 Å². The molecule has 3 aromatic rings. The minimum Gasteiger partial charge on any atom is -0.507 e. The Morgan fingerprint density at radius 1 is 1.06 bits per heavy atom. The summed E-state index contributed by atoms with van der Waals surface area (Å²) >= 11 is 0. The number of rotatable bonds is 5. The van der Waals surface area contributed by atoms with E-state index in [4.69, 9.17) is 4.74 Å². The number of carboxylic acid groups (broad SMARTS) is 1. The second kappa shape index (κ2) is 8.61. The number of fused-ring (bicyclic) bond motifs is 1. The minimum atomic E-state index is -1.33. The summed E-state index contributed by atoms with van der Waals surface area (Å²) in [5.41, 5.74) is -0.108. The molecular formula is C25H24FN3O6. The van der Waals surface area contributed by atoms with Gasteiger partial charge in [0.05, 0.1) is 23.9 Å². The summed E-state index contributed by atoms with van der Waals surface area (Å²) in [6.07, 6.45) is 3.08. The van der Waals surface area contributed by atoms with Gasteiger partial charge in [0.1, 0.15) is 22.9 Å². The lowest BCUT2D eigenvalue weighted by atomic mass is 10.1. The number of aromatic carboxylic acids is 1. The number of hydrogen-bond acceptors (Lipinski definition) is 6. The van der Waals surface area contributed by atoms with Crippen LogP contribution < -0.4 is 15.1 Å². The van der Waals surface area contributed by atoms with Crippen LogP contribution in [0, 0.1) is 5.82 Å². The topological polar surface area (TPSA) is 112 Å². The molecule has 35 heavy (non-hydrogen) atoms. The molecule has 5 rings (SSSR count). The second-order valence-corrected chi connectivity index (χ2v) is 8.80. The van der Waals surface area contributed by atoms with E-state index in [2.05, 4.69) is 0 Å². The van der Waals surface area contributed by atoms with Crippen molar-refractivity contribution in [3.05, 3.63) is 63.7 Å². The molecule has 1 aliphatic carbocycles. The molecule has 10 heteroatoms. The van der Waals surface area contributed by atoms with E-state index in [9.17, 15) is 24.6 Å². The third kappa shape index (κ3) is 4.05. The first-order chi connectivity index (χ1) is 16.8. The van der Waals surface area contributed by atoms with E-state index in [1.54, 1.807) is 26.5 Å². The first-order valence-electron chi connectivity index (χ1n) is 11.3. The fourth-order valence-corrected chi connectivity index (χ4v) is 4.55. The Hall–Kier alpha value is -4.08. The zero-order valence-electron chi connectivity index (χ0n) is 19.0. The fraction of sp³-hybridized carbons (Fsp3) is 0.320. The van der Waals surface area contributed by atoms with Gasteiger partial charge in [0, 0.05) is 49.9 Å². The average molecular weight is 481 g/mol. The molecule has 0 atom stereocenters. The number of anilines is 1. The molecule has 2 N–H and O–H groups in total. The molecule has 1 saturated heterocycles. The van der Waals surface area contributed by atoms with Crippen LogP contribution in [0.4, 0.5) is 10.1 Å². The third-order valence-electron chi connectivity index (χ3n) is 6.61. The van der Waals surface area contributed by atoms with Gasteiger partial charge in [-0.3, -0.25) is 9.59 Å². The van der Waals surface area contributed by atoms with Crippen LogP contribution in [0.1, 0.15) is 39.6 Å². The molecule has 0 unspecified atom stereocenters. The lowest BCUT2D eigenvalue weighted by molar-refractivity contribution is 0.0693. The van der Waals surface area contributed by atoms with E-state index in [0.717, 1.165) is 18.9 Å². The molecule has 1 aromatic heterocycles. The van der Waals surface area contributed by atoms with Gasteiger partial charge in [0.2, 0.25) is 5.43 Å². The molecule has 0 radical (unpaired) electrons. The van der Waals surface area contributed by atoms with E-state index in [0.29, 0.717) is 43.1 Å². The molecular weight excluding hydrogens is 457 g/mol. The highest BCUT2D eigenvalue weighted by molar-refractivity contribution is 5.97. The first-order valence-corrected chi connectivity index (χ1v) is 11.3. The predicted molar refractivity (Wildman–Crippen MR) is 126 cm³/mol. The molecule has 1 amide bonds. The van der Waals surface area contributed by atoms with Gasteiger partial charge in [-0.2, -0.15) is 0 Å². The van der Waals surface area contributed by atoms with Crippen LogP contribution >= 0.6 is 0 Å². The summed E-state index contributed by atoms with van der Waals surface area (Å²) in [4.78, 5) is 40.5. The summed E-state index contributed by atoms with van der Waals surface area (Å²) in [5.74, 6) is -2.01. The van der Waals surface area contributed by atoms with E-state index < -0.39 is 17.2 Å². The Morgan fingerprint density at radius 2 is 1.77 bits per heavy atom. The van der Waals surface area contributed by atoms with Crippen molar-refractivity contribution in [2.24, 2.45) is 0 Å². The highest BCUT2D eigenvalue weighted by Crippen LogP contribution is 2.38. The van der Waals surface area contributed by atoms with Gasteiger partial charge in [-0.15, -0.1) is 0 Å². The molecule has 0 spiro atoms. The standard InChI is InChI=1S/C25H24FN3O6/c1-35-15-4-5-16(22(30)10-15)24(32)28-8-6-27(7-9-28)21-12-20-17(11-19(21)26)23(31)18(25(33)34)13-29(20)14-2-3-14/h4-5,10-14,30H,2-3,6-9H2,1H3,(H,33,34). The van der Waals surface area contributed by atoms with Crippen molar-refractivity contribution < 1.29 is 28.9 Å². The number of phenols is 1. The lowest BCUT2D eigenvalue weighted by Gasteiger charge is -2.36. The highest BCUT2D eigenvalue weighted by atomic mass is 19.1. The number of carbonyl (C=O) groups excluding carboxylic acids is 1. The van der Waals surface area contributed by atoms with Gasteiger partial charge in [-0.25, -0.2) is 9.18 Å². The van der Waals surface area contributed by atoms with Crippen LogP contribution in [-0.4, -0.2) is 64.8 Å². The number of pyridine rings is 1. The number of halogens is 1. The van der Waals surface area contributed by atoms with Crippen molar-refractivity contribution in [1.29, 1.82) is 0 Å². The van der Waals surface area contributed by atoms with Gasteiger partial charge in [0.15, 0.2) is 0 Å². The third-order valence-corrected chi connectivity index (χ3v) is 6.61. The number of amides is 1. The van der Waals surface area contributed by atoms with E-state index in [1.807, 2.05) is 0 Å². The number of carboxylic acids is 1. The number of piperazine rings is 1. The number of methoxy groups -OCH3 is 1. The fourth-order valence-electron chi connectivity index (χ4n) is 4.55. The summed E-state index contributed by atoms with van der Waals surface area (Å²) in [7, 11) is 1.47. The molecule has 2 fully saturated rings. The number of hydrogen-bond donors (Lipinski definition) is 2. The molecule has 182 valence electrons. The Kier molecular flexibility index (Phi) is 5.58. The van der Waals surface area contributed by atoms with Crippen LogP contribution in [0.2, 0.25) is 0 Å². The number of benzene rings is 2. The highest BCUT2D eigenvalue weighted by Gasteiger charge is 2.29. The molecule has 2 aliphatic rings. The van der Waals surface area contributed by atoms with E-state index >= 15 is 4.39 Å². The smallest absolute Gasteiger partial charge is 0.341 e. The zero-order chi connectivity index (χ0) is 24.9. The van der Waals surface area contributed by atoms with Crippen molar-refractivity contribution in [1.82, 2.24) is 9.47 Å². The Labute approximate surface area is 199 Å². The maximum Gasteiger partial charge on any atom is 0.341 e. The summed E-state index contributed by atoms with van der Waals surface area (Å²) < 4.78 is 22.0. The van der Waals surface area contributed by atoms with Crippen LogP contribution in [0.5, 0.6) is 11.5 Å². The summed E-state index contributed by atoms with van der Waals surface area (Å²) in [5, 5.41) is 19.6. The van der Waals surface area contributed by atoms with Crippen molar-refractivity contribution in [3.8, 4) is 11.5 Å². The Morgan fingerprint density at radius 3 is 2.37 bits per heavy atom. The van der Waals surface area contributed by atoms with Crippen molar-refractivity contribution in [2.45, 2.75) is 18.9 Å². The predicted octanol–water partition coefficient (Wildman–Crippen LogP) is 2.85. The Bertz CT molecular complexity index is 1410. The number of nitrogens with zero attached hydrogens (tertiary/aromatic N) is 3. The van der Waals surface area contributed by atoms with Gasteiger partial charge in [0.25, 0.3) is 5.91 Å². The number of aromatic hydroxyl groups is 1. The quantitative estimate of drug-likeness (QED) is 0.576. The monoisotopic (exact) mass is 481 g/mol. The maximum absolute atomic E-state index is 15.1. The minimum absolute atomic E-state index is 0.0434. The molecule has 2 aromatic carbocycles. The van der Waals surface area contributed by atoms with Crippen LogP contribution in [0.25, 0.3) is 10.9 Å². The number of phenolic OH excluding ortho intramolecular Hbond substituents is 1. The second-order valence-electron chi connectivity index (χ2n) is 8.80. The summed E-state index contributed by atoms with van der Waals surface area (Å²) in [6.45, 7) is 1.34. The van der Waals surface area contributed by atoms with Crippen LogP contribution in [-0.2, 0) is 0 Å². The molecule has 1 aliphatic heterocycles. The first kappa shape index (κ1) is 22.7. The van der Waals surface area contributed by atoms with Gasteiger partial charge in [-0.05, 0) is 37.1 Å². The van der Waals surface area contributed by atoms with Crippen molar-refractivity contribution >= 4 is 28.5 Å². The van der Waals surface area contributed by atoms with E-state index in [1.165, 1.54) is 25.4 Å². The van der Waals surface area contributed by atoms with Crippen molar-refractivity contribution in [2.75, 3.05) is 38.2 Å². The molecule has 9 nitrogen and oxygen atoms in total. The van der Waals surface area contributed by atoms with Gasteiger partial charge >= 0.3 is 5.97 Å². The van der Waals surface area contributed by atoms with Gasteiger partial charge in [-0.1, -0.05) is 0 Å². The normalized spacial score (nSPS) is 15.9. The molecule has 1 saturated carbocycles. The van der Waals surface area contributed by atoms with Gasteiger partial charge < -0.3 is 29.3 Å². The van der Waals surface area contributed by atoms with E-state index in [-0.39, 0.29) is 34.2 Å². The van der Waals surface area contributed by atoms with Crippen molar-refractivity contribution in [3.63, 3.8) is 0 Å². The average Bonchev–Trinajstić information content (AvgIpc) is 3.69. The maximum atomic E-state index is 15.1. The lowest BCUT2D eigenvalue weighted by Crippen LogP contribution is -2.49. The Balaban J connectivity index is 1.41. The number of ether oxygens (including phenoxy) is 1. The number of aromatic nitrogens is 1. The number of carbonyl (C=O) groups is 2. The van der Waals surface area contributed by atoms with Crippen LogP contribution in [0.15, 0.2) is 41.3 Å². The molecule has 0 bridgehead atoms. The largest absolute Gasteiger partial charge is 0.507 e. The molecule has 2 heterocycles. The zero-order valence-corrected chi connectivity index (χ0v) is 19.0. The SMILES string of the molecule is COc1ccc(C(=O)N2CCN(c3cc4c(cc3F)c(=O)c(C(=O)O)cn4C3CC3)CC2)c(O)c1. The summed E-state index contributed by atoms with van der Waals surface area (Å²) in [6, 6.07) is 7.29.